The monoisotopic (exact) mass is 288 g/mol. The molecule has 0 aromatic carbocycles. The molecule has 5 heteroatoms. The lowest BCUT2D eigenvalue weighted by atomic mass is 10.1. The summed E-state index contributed by atoms with van der Waals surface area (Å²) in [6.07, 6.45) is 0. The third-order valence-electron chi connectivity index (χ3n) is 3.40. The van der Waals surface area contributed by atoms with Crippen LogP contribution in [-0.2, 0) is 0 Å². The van der Waals surface area contributed by atoms with Crippen LogP contribution < -0.4 is 5.32 Å². The average molecular weight is 289 g/mol. The normalized spacial score (nSPS) is 23.7. The predicted octanol–water partition coefficient (Wildman–Crippen LogP) is 2.61. The first-order valence-electron chi connectivity index (χ1n) is 6.10. The molecular formula is C13H21ClN2OS. The van der Waals surface area contributed by atoms with Gasteiger partial charge in [-0.05, 0) is 39.3 Å². The lowest BCUT2D eigenvalue weighted by molar-refractivity contribution is 0.0621. The summed E-state index contributed by atoms with van der Waals surface area (Å²) in [6.45, 7) is 10.0. The first-order valence-corrected chi connectivity index (χ1v) is 6.92. The number of carbonyl (C=O) groups is 1. The number of hydrogen-bond acceptors (Lipinski definition) is 3. The molecule has 2 rings (SSSR count). The maximum absolute atomic E-state index is 12.4. The predicted molar refractivity (Wildman–Crippen MR) is 79.0 cm³/mol. The van der Waals surface area contributed by atoms with E-state index < -0.39 is 0 Å². The molecule has 0 aliphatic carbocycles. The number of hydrogen-bond donors (Lipinski definition) is 1. The van der Waals surface area contributed by atoms with E-state index in [1.54, 1.807) is 11.3 Å². The molecule has 3 nitrogen and oxygen atoms in total. The fourth-order valence-corrected chi connectivity index (χ4v) is 3.11. The Labute approximate surface area is 119 Å². The molecule has 1 N–H and O–H groups in total. The van der Waals surface area contributed by atoms with Crippen molar-refractivity contribution in [1.82, 2.24) is 10.2 Å². The molecule has 0 saturated carbocycles. The molecule has 1 aromatic heterocycles. The van der Waals surface area contributed by atoms with Gasteiger partial charge in [-0.2, -0.15) is 0 Å². The number of aryl methyl sites for hydroxylation is 2. The lowest BCUT2D eigenvalue weighted by Crippen LogP contribution is -2.56. The lowest BCUT2D eigenvalue weighted by Gasteiger charge is -2.37. The Kier molecular flexibility index (Phi) is 5.20. The fraction of sp³-hybridized carbons (Fsp3) is 0.615. The van der Waals surface area contributed by atoms with Crippen LogP contribution in [0.25, 0.3) is 0 Å². The van der Waals surface area contributed by atoms with E-state index in [-0.39, 0.29) is 24.4 Å². The van der Waals surface area contributed by atoms with Gasteiger partial charge in [-0.15, -0.1) is 23.7 Å². The van der Waals surface area contributed by atoms with E-state index in [1.807, 2.05) is 11.0 Å². The van der Waals surface area contributed by atoms with Crippen LogP contribution in [0.2, 0.25) is 0 Å². The summed E-state index contributed by atoms with van der Waals surface area (Å²) in [5.41, 5.74) is 1.22. The average Bonchev–Trinajstić information content (AvgIpc) is 2.62. The summed E-state index contributed by atoms with van der Waals surface area (Å²) < 4.78 is 0. The minimum atomic E-state index is 0. The van der Waals surface area contributed by atoms with Crippen LogP contribution >= 0.6 is 23.7 Å². The van der Waals surface area contributed by atoms with Crippen molar-refractivity contribution in [2.75, 3.05) is 13.1 Å². The molecule has 1 amide bonds. The SMILES string of the molecule is Cc1cc(C(=O)N2CC(C)NCC2C)sc1C.Cl. The van der Waals surface area contributed by atoms with Gasteiger partial charge >= 0.3 is 0 Å². The fourth-order valence-electron chi connectivity index (χ4n) is 2.12. The molecule has 1 aliphatic rings. The number of amides is 1. The van der Waals surface area contributed by atoms with Gasteiger partial charge in [-0.1, -0.05) is 0 Å². The summed E-state index contributed by atoms with van der Waals surface area (Å²) in [5, 5.41) is 3.39. The highest BCUT2D eigenvalue weighted by molar-refractivity contribution is 7.14. The summed E-state index contributed by atoms with van der Waals surface area (Å²) in [7, 11) is 0. The van der Waals surface area contributed by atoms with E-state index in [9.17, 15) is 4.79 Å². The van der Waals surface area contributed by atoms with Gasteiger partial charge in [-0.3, -0.25) is 4.79 Å². The van der Waals surface area contributed by atoms with Crippen molar-refractivity contribution in [2.24, 2.45) is 0 Å². The molecule has 2 unspecified atom stereocenters. The van der Waals surface area contributed by atoms with Crippen LogP contribution in [0.4, 0.5) is 0 Å². The van der Waals surface area contributed by atoms with Gasteiger partial charge in [0.1, 0.15) is 0 Å². The quantitative estimate of drug-likeness (QED) is 0.861. The van der Waals surface area contributed by atoms with E-state index in [0.29, 0.717) is 6.04 Å². The largest absolute Gasteiger partial charge is 0.332 e. The topological polar surface area (TPSA) is 32.3 Å². The first-order chi connectivity index (χ1) is 7.99. The Morgan fingerprint density at radius 1 is 1.44 bits per heavy atom. The summed E-state index contributed by atoms with van der Waals surface area (Å²) in [5.74, 6) is 0.187. The van der Waals surface area contributed by atoms with Crippen LogP contribution in [0.3, 0.4) is 0 Å². The molecular weight excluding hydrogens is 268 g/mol. The molecule has 1 fully saturated rings. The second-order valence-electron chi connectivity index (χ2n) is 4.97. The Balaban J connectivity index is 0.00000162. The number of thiophene rings is 1. The maximum Gasteiger partial charge on any atom is 0.264 e. The third kappa shape index (κ3) is 3.05. The van der Waals surface area contributed by atoms with E-state index in [4.69, 9.17) is 0 Å². The van der Waals surface area contributed by atoms with Crippen molar-refractivity contribution in [1.29, 1.82) is 0 Å². The molecule has 1 aromatic rings. The summed E-state index contributed by atoms with van der Waals surface area (Å²) >= 11 is 1.61. The highest BCUT2D eigenvalue weighted by atomic mass is 35.5. The van der Waals surface area contributed by atoms with E-state index in [1.165, 1.54) is 10.4 Å². The van der Waals surface area contributed by atoms with Crippen LogP contribution in [0.5, 0.6) is 0 Å². The molecule has 2 atom stereocenters. The van der Waals surface area contributed by atoms with Crippen molar-refractivity contribution in [2.45, 2.75) is 39.8 Å². The Hall–Kier alpha value is -0.580. The highest BCUT2D eigenvalue weighted by Gasteiger charge is 2.28. The van der Waals surface area contributed by atoms with E-state index in [2.05, 4.69) is 33.0 Å². The standard InChI is InChI=1S/C13H20N2OS.ClH/c1-8-5-12(17-11(8)4)13(16)15-7-9(2)14-6-10(15)3;/h5,9-10,14H,6-7H2,1-4H3;1H. The molecule has 102 valence electrons. The van der Waals surface area contributed by atoms with Crippen LogP contribution in [0.15, 0.2) is 6.07 Å². The van der Waals surface area contributed by atoms with Gasteiger partial charge in [0.2, 0.25) is 0 Å². The Morgan fingerprint density at radius 2 is 2.11 bits per heavy atom. The van der Waals surface area contributed by atoms with Crippen molar-refractivity contribution in [3.05, 3.63) is 21.4 Å². The Bertz CT molecular complexity index is 413. The van der Waals surface area contributed by atoms with E-state index in [0.717, 1.165) is 18.0 Å². The minimum absolute atomic E-state index is 0. The van der Waals surface area contributed by atoms with Crippen molar-refractivity contribution >= 4 is 29.7 Å². The zero-order valence-electron chi connectivity index (χ0n) is 11.3. The number of nitrogens with zero attached hydrogens (tertiary/aromatic N) is 1. The number of carbonyl (C=O) groups excluding carboxylic acids is 1. The number of nitrogens with one attached hydrogen (secondary N) is 1. The molecule has 0 radical (unpaired) electrons. The summed E-state index contributed by atoms with van der Waals surface area (Å²) in [6, 6.07) is 2.68. The second-order valence-corrected chi connectivity index (χ2v) is 6.22. The molecule has 0 spiro atoms. The maximum atomic E-state index is 12.4. The van der Waals surface area contributed by atoms with Crippen molar-refractivity contribution in [3.8, 4) is 0 Å². The third-order valence-corrected chi connectivity index (χ3v) is 4.54. The van der Waals surface area contributed by atoms with Crippen molar-refractivity contribution < 1.29 is 4.79 Å². The van der Waals surface area contributed by atoms with Gasteiger partial charge in [0, 0.05) is 30.1 Å². The Morgan fingerprint density at radius 3 is 2.67 bits per heavy atom. The molecule has 1 aliphatic heterocycles. The molecule has 0 bridgehead atoms. The smallest absolute Gasteiger partial charge is 0.264 e. The van der Waals surface area contributed by atoms with Gasteiger partial charge in [0.15, 0.2) is 0 Å². The zero-order chi connectivity index (χ0) is 12.6. The molecule has 1 saturated heterocycles. The van der Waals surface area contributed by atoms with Gasteiger partial charge in [0.05, 0.1) is 4.88 Å². The number of piperazine rings is 1. The summed E-state index contributed by atoms with van der Waals surface area (Å²) in [4.78, 5) is 16.5. The highest BCUT2D eigenvalue weighted by Crippen LogP contribution is 2.23. The van der Waals surface area contributed by atoms with Crippen LogP contribution in [0.1, 0.15) is 34.0 Å². The number of rotatable bonds is 1. The van der Waals surface area contributed by atoms with Gasteiger partial charge in [-0.25, -0.2) is 0 Å². The van der Waals surface area contributed by atoms with Crippen LogP contribution in [0, 0.1) is 13.8 Å². The molecule has 18 heavy (non-hydrogen) atoms. The number of halogens is 1. The van der Waals surface area contributed by atoms with Gasteiger partial charge < -0.3 is 10.2 Å². The molecule has 2 heterocycles. The first kappa shape index (κ1) is 15.5. The van der Waals surface area contributed by atoms with E-state index >= 15 is 0 Å². The second kappa shape index (κ2) is 6.04. The van der Waals surface area contributed by atoms with Crippen molar-refractivity contribution in [3.63, 3.8) is 0 Å². The van der Waals surface area contributed by atoms with Gasteiger partial charge in [0.25, 0.3) is 5.91 Å². The zero-order valence-corrected chi connectivity index (χ0v) is 13.0. The minimum Gasteiger partial charge on any atom is -0.332 e. The van der Waals surface area contributed by atoms with Crippen LogP contribution in [-0.4, -0.2) is 36.0 Å².